The molecule has 2 aliphatic heterocycles. The average molecular weight is 228 g/mol. The van der Waals surface area contributed by atoms with Gasteiger partial charge < -0.3 is 20.1 Å². The maximum Gasteiger partial charge on any atom is 0.317 e. The number of rotatable bonds is 2. The van der Waals surface area contributed by atoms with Crippen LogP contribution in [0.4, 0.5) is 4.79 Å². The Kier molecular flexibility index (Phi) is 3.28. The largest absolute Gasteiger partial charge is 0.481 e. The van der Waals surface area contributed by atoms with E-state index >= 15 is 0 Å². The van der Waals surface area contributed by atoms with Crippen LogP contribution in [0, 0.1) is 5.92 Å². The second kappa shape index (κ2) is 4.69. The number of nitrogens with zero attached hydrogens (tertiary/aromatic N) is 1. The molecule has 2 N–H and O–H groups in total. The number of hydrogen-bond donors (Lipinski definition) is 2. The minimum Gasteiger partial charge on any atom is -0.481 e. The number of amides is 2. The summed E-state index contributed by atoms with van der Waals surface area (Å²) in [6.45, 7) is 1.99. The number of nitrogens with one attached hydrogen (secondary N) is 1. The fourth-order valence-electron chi connectivity index (χ4n) is 2.11. The summed E-state index contributed by atoms with van der Waals surface area (Å²) in [6, 6.07) is -0.565. The van der Waals surface area contributed by atoms with Crippen LogP contribution in [0.5, 0.6) is 0 Å². The smallest absolute Gasteiger partial charge is 0.317 e. The number of aliphatic carboxylic acids is 1. The molecular weight excluding hydrogens is 212 g/mol. The molecule has 2 fully saturated rings. The molecule has 0 aliphatic carbocycles. The maximum absolute atomic E-state index is 11.7. The van der Waals surface area contributed by atoms with E-state index in [2.05, 4.69) is 5.32 Å². The molecule has 2 saturated heterocycles. The summed E-state index contributed by atoms with van der Waals surface area (Å²) in [5.74, 6) is -1.53. The van der Waals surface area contributed by atoms with Crippen LogP contribution >= 0.6 is 0 Å². The number of likely N-dealkylation sites (tertiary alicyclic amines) is 1. The van der Waals surface area contributed by atoms with E-state index in [0.29, 0.717) is 0 Å². The van der Waals surface area contributed by atoms with E-state index in [0.717, 1.165) is 25.9 Å². The highest BCUT2D eigenvalue weighted by Gasteiger charge is 2.36. The summed E-state index contributed by atoms with van der Waals surface area (Å²) in [4.78, 5) is 24.3. The van der Waals surface area contributed by atoms with E-state index in [-0.39, 0.29) is 19.2 Å². The first-order valence-corrected chi connectivity index (χ1v) is 5.54. The summed E-state index contributed by atoms with van der Waals surface area (Å²) in [5.41, 5.74) is 0. The zero-order valence-electron chi connectivity index (χ0n) is 9.02. The average Bonchev–Trinajstić information content (AvgIpc) is 2.86. The molecule has 0 radical (unpaired) electrons. The standard InChI is InChI=1S/C10H16N2O4/c13-9(14)7-5-16-6-8(7)11-10(15)12-3-1-2-4-12/h7-8H,1-6H2,(H,11,15)(H,13,14). The van der Waals surface area contributed by atoms with Gasteiger partial charge in [0.25, 0.3) is 0 Å². The molecule has 0 aromatic heterocycles. The Bertz CT molecular complexity index is 289. The highest BCUT2D eigenvalue weighted by molar-refractivity contribution is 5.77. The van der Waals surface area contributed by atoms with Gasteiger partial charge in [-0.2, -0.15) is 0 Å². The molecule has 16 heavy (non-hydrogen) atoms. The summed E-state index contributed by atoms with van der Waals surface area (Å²) in [7, 11) is 0. The SMILES string of the molecule is O=C(O)C1COCC1NC(=O)N1CCCC1. The number of ether oxygens (including phenoxy) is 1. The maximum atomic E-state index is 11.7. The number of hydrogen-bond acceptors (Lipinski definition) is 3. The Balaban J connectivity index is 1.88. The van der Waals surface area contributed by atoms with Crippen molar-refractivity contribution in [2.24, 2.45) is 5.92 Å². The van der Waals surface area contributed by atoms with Crippen LogP contribution in [0.25, 0.3) is 0 Å². The van der Waals surface area contributed by atoms with Crippen molar-refractivity contribution in [1.82, 2.24) is 10.2 Å². The quantitative estimate of drug-likeness (QED) is 0.691. The first kappa shape index (κ1) is 11.2. The lowest BCUT2D eigenvalue weighted by Crippen LogP contribution is -2.48. The molecule has 2 rings (SSSR count). The monoisotopic (exact) mass is 228 g/mol. The predicted octanol–water partition coefficient (Wildman–Crippen LogP) is -0.109. The molecule has 2 atom stereocenters. The van der Waals surface area contributed by atoms with Crippen LogP contribution < -0.4 is 5.32 Å². The van der Waals surface area contributed by atoms with E-state index in [1.165, 1.54) is 0 Å². The first-order valence-electron chi connectivity index (χ1n) is 5.54. The van der Waals surface area contributed by atoms with Gasteiger partial charge in [-0.05, 0) is 12.8 Å². The van der Waals surface area contributed by atoms with Crippen LogP contribution in [0.2, 0.25) is 0 Å². The van der Waals surface area contributed by atoms with Gasteiger partial charge in [0, 0.05) is 13.1 Å². The molecule has 0 aromatic rings. The number of urea groups is 1. The molecule has 2 heterocycles. The van der Waals surface area contributed by atoms with Crippen molar-refractivity contribution >= 4 is 12.0 Å². The number of carboxylic acids is 1. The van der Waals surface area contributed by atoms with Gasteiger partial charge in [-0.3, -0.25) is 4.79 Å². The fraction of sp³-hybridized carbons (Fsp3) is 0.800. The summed E-state index contributed by atoms with van der Waals surface area (Å²) >= 11 is 0. The highest BCUT2D eigenvalue weighted by Crippen LogP contribution is 2.15. The van der Waals surface area contributed by atoms with Crippen molar-refractivity contribution in [1.29, 1.82) is 0 Å². The fourth-order valence-corrected chi connectivity index (χ4v) is 2.11. The Morgan fingerprint density at radius 1 is 1.25 bits per heavy atom. The molecule has 0 saturated carbocycles. The lowest BCUT2D eigenvalue weighted by atomic mass is 10.0. The van der Waals surface area contributed by atoms with Crippen molar-refractivity contribution in [2.45, 2.75) is 18.9 Å². The second-order valence-electron chi connectivity index (χ2n) is 4.23. The Morgan fingerprint density at radius 2 is 1.94 bits per heavy atom. The Labute approximate surface area is 93.6 Å². The second-order valence-corrected chi connectivity index (χ2v) is 4.23. The Morgan fingerprint density at radius 3 is 2.56 bits per heavy atom. The minimum atomic E-state index is -0.913. The van der Waals surface area contributed by atoms with Crippen LogP contribution in [-0.2, 0) is 9.53 Å². The molecule has 2 aliphatic rings. The van der Waals surface area contributed by atoms with Crippen molar-refractivity contribution in [3.05, 3.63) is 0 Å². The third-order valence-corrected chi connectivity index (χ3v) is 3.10. The number of carboxylic acid groups (broad SMARTS) is 1. The van der Waals surface area contributed by atoms with Gasteiger partial charge in [0.05, 0.1) is 19.3 Å². The normalized spacial score (nSPS) is 29.4. The van der Waals surface area contributed by atoms with E-state index in [1.54, 1.807) is 4.90 Å². The summed E-state index contributed by atoms with van der Waals surface area (Å²) in [6.07, 6.45) is 2.05. The van der Waals surface area contributed by atoms with Gasteiger partial charge >= 0.3 is 12.0 Å². The van der Waals surface area contributed by atoms with Crippen LogP contribution in [-0.4, -0.2) is 54.4 Å². The van der Waals surface area contributed by atoms with Gasteiger partial charge in [0.15, 0.2) is 0 Å². The summed E-state index contributed by atoms with van der Waals surface area (Å²) < 4.78 is 5.08. The molecule has 0 aromatic carbocycles. The van der Waals surface area contributed by atoms with E-state index in [4.69, 9.17) is 9.84 Å². The van der Waals surface area contributed by atoms with E-state index in [9.17, 15) is 9.59 Å². The molecule has 0 bridgehead atoms. The van der Waals surface area contributed by atoms with E-state index < -0.39 is 17.9 Å². The van der Waals surface area contributed by atoms with Crippen molar-refractivity contribution in [2.75, 3.05) is 26.3 Å². The summed E-state index contributed by atoms with van der Waals surface area (Å²) in [5, 5.41) is 11.7. The highest BCUT2D eigenvalue weighted by atomic mass is 16.5. The molecule has 6 heteroatoms. The molecule has 2 amide bonds. The zero-order valence-corrected chi connectivity index (χ0v) is 9.02. The molecule has 6 nitrogen and oxygen atoms in total. The third kappa shape index (κ3) is 2.27. The van der Waals surface area contributed by atoms with Gasteiger partial charge in [-0.1, -0.05) is 0 Å². The lowest BCUT2D eigenvalue weighted by Gasteiger charge is -2.21. The molecular formula is C10H16N2O4. The molecule has 90 valence electrons. The van der Waals surface area contributed by atoms with Gasteiger partial charge in [0.1, 0.15) is 5.92 Å². The van der Waals surface area contributed by atoms with Crippen molar-refractivity contribution < 1.29 is 19.4 Å². The lowest BCUT2D eigenvalue weighted by molar-refractivity contribution is -0.142. The van der Waals surface area contributed by atoms with Crippen molar-refractivity contribution in [3.8, 4) is 0 Å². The Hall–Kier alpha value is -1.30. The van der Waals surface area contributed by atoms with Gasteiger partial charge in [-0.15, -0.1) is 0 Å². The van der Waals surface area contributed by atoms with Crippen LogP contribution in [0.3, 0.4) is 0 Å². The predicted molar refractivity (Wildman–Crippen MR) is 55.1 cm³/mol. The molecule has 2 unspecified atom stereocenters. The number of carbonyl (C=O) groups excluding carboxylic acids is 1. The van der Waals surface area contributed by atoms with Crippen LogP contribution in [0.1, 0.15) is 12.8 Å². The van der Waals surface area contributed by atoms with Gasteiger partial charge in [0.2, 0.25) is 0 Å². The minimum absolute atomic E-state index is 0.167. The van der Waals surface area contributed by atoms with Crippen molar-refractivity contribution in [3.63, 3.8) is 0 Å². The van der Waals surface area contributed by atoms with Gasteiger partial charge in [-0.25, -0.2) is 4.79 Å². The first-order chi connectivity index (χ1) is 7.68. The topological polar surface area (TPSA) is 78.9 Å². The molecule has 0 spiro atoms. The van der Waals surface area contributed by atoms with E-state index in [1.807, 2.05) is 0 Å². The number of carbonyl (C=O) groups is 2. The third-order valence-electron chi connectivity index (χ3n) is 3.10. The zero-order chi connectivity index (χ0) is 11.5. The van der Waals surface area contributed by atoms with Crippen LogP contribution in [0.15, 0.2) is 0 Å².